The molecule has 0 bridgehead atoms. The van der Waals surface area contributed by atoms with Crippen LogP contribution in [0.5, 0.6) is 17.4 Å². The van der Waals surface area contributed by atoms with Crippen LogP contribution < -0.4 is 14.2 Å². The summed E-state index contributed by atoms with van der Waals surface area (Å²) in [7, 11) is -0.646. The Bertz CT molecular complexity index is 869. The highest BCUT2D eigenvalue weighted by atomic mass is 79.9. The number of rotatable bonds is 6. The van der Waals surface area contributed by atoms with Gasteiger partial charge in [0.1, 0.15) is 6.10 Å². The van der Waals surface area contributed by atoms with Crippen LogP contribution >= 0.6 is 15.9 Å². The highest BCUT2D eigenvalue weighted by Gasteiger charge is 2.38. The molecule has 134 valence electrons. The topological polar surface area (TPSA) is 78.0 Å². The van der Waals surface area contributed by atoms with E-state index in [1.165, 1.54) is 30.7 Å². The average molecular weight is 429 g/mol. The molecule has 2 heterocycles. The molecule has 1 fully saturated rings. The highest BCUT2D eigenvalue weighted by molar-refractivity contribution is 9.10. The molecule has 1 aliphatic heterocycles. The van der Waals surface area contributed by atoms with E-state index in [0.29, 0.717) is 17.4 Å². The molecule has 0 unspecified atom stereocenters. The largest absolute Gasteiger partial charge is 0.493 e. The highest BCUT2D eigenvalue weighted by Crippen LogP contribution is 2.32. The van der Waals surface area contributed by atoms with E-state index in [4.69, 9.17) is 14.2 Å². The summed E-state index contributed by atoms with van der Waals surface area (Å²) in [6.07, 6.45) is 1.39. The van der Waals surface area contributed by atoms with Gasteiger partial charge in [-0.15, -0.1) is 0 Å². The van der Waals surface area contributed by atoms with Gasteiger partial charge in [0.15, 0.2) is 11.5 Å². The monoisotopic (exact) mass is 428 g/mol. The summed E-state index contributed by atoms with van der Waals surface area (Å²) < 4.78 is 43.5. The van der Waals surface area contributed by atoms with Crippen molar-refractivity contribution in [2.75, 3.05) is 27.3 Å². The minimum Gasteiger partial charge on any atom is -0.493 e. The second kappa shape index (κ2) is 7.19. The molecular formula is C16H17BrN2O5S. The molecule has 0 spiro atoms. The van der Waals surface area contributed by atoms with Gasteiger partial charge in [0.2, 0.25) is 15.9 Å². The number of benzene rings is 1. The average Bonchev–Trinajstić information content (AvgIpc) is 2.58. The van der Waals surface area contributed by atoms with Gasteiger partial charge in [0.05, 0.1) is 36.7 Å². The van der Waals surface area contributed by atoms with Crippen molar-refractivity contribution in [1.29, 1.82) is 0 Å². The van der Waals surface area contributed by atoms with Crippen molar-refractivity contribution in [3.63, 3.8) is 0 Å². The van der Waals surface area contributed by atoms with Gasteiger partial charge in [0, 0.05) is 12.3 Å². The van der Waals surface area contributed by atoms with Crippen molar-refractivity contribution < 1.29 is 22.6 Å². The number of hydrogen-bond acceptors (Lipinski definition) is 6. The molecule has 1 aliphatic rings. The van der Waals surface area contributed by atoms with Crippen LogP contribution in [0.25, 0.3) is 0 Å². The number of ether oxygens (including phenoxy) is 3. The first-order valence-electron chi connectivity index (χ1n) is 7.45. The van der Waals surface area contributed by atoms with Crippen molar-refractivity contribution in [3.8, 4) is 17.4 Å². The molecule has 1 aromatic carbocycles. The maximum Gasteiger partial charge on any atom is 0.243 e. The fraction of sp³-hybridized carbons (Fsp3) is 0.312. The van der Waals surface area contributed by atoms with E-state index in [2.05, 4.69) is 20.9 Å². The van der Waals surface area contributed by atoms with E-state index >= 15 is 0 Å². The van der Waals surface area contributed by atoms with Crippen molar-refractivity contribution in [2.45, 2.75) is 11.0 Å². The Morgan fingerprint density at radius 1 is 1.16 bits per heavy atom. The number of methoxy groups -OCH3 is 2. The number of pyridine rings is 1. The van der Waals surface area contributed by atoms with Gasteiger partial charge < -0.3 is 14.2 Å². The Morgan fingerprint density at radius 3 is 2.52 bits per heavy atom. The van der Waals surface area contributed by atoms with Crippen molar-refractivity contribution in [2.24, 2.45) is 0 Å². The van der Waals surface area contributed by atoms with Gasteiger partial charge in [-0.25, -0.2) is 13.4 Å². The molecule has 0 aliphatic carbocycles. The molecule has 0 atom stereocenters. The van der Waals surface area contributed by atoms with Crippen LogP contribution in [0.4, 0.5) is 0 Å². The lowest BCUT2D eigenvalue weighted by molar-refractivity contribution is 0.0713. The third kappa shape index (κ3) is 3.58. The van der Waals surface area contributed by atoms with Crippen LogP contribution in [0.2, 0.25) is 0 Å². The number of halogens is 1. The number of sulfonamides is 1. The Hall–Kier alpha value is -1.84. The van der Waals surface area contributed by atoms with Gasteiger partial charge in [-0.1, -0.05) is 0 Å². The smallest absolute Gasteiger partial charge is 0.243 e. The molecule has 1 aromatic heterocycles. The van der Waals surface area contributed by atoms with E-state index in [1.54, 1.807) is 18.3 Å². The van der Waals surface area contributed by atoms with Crippen LogP contribution in [0, 0.1) is 0 Å². The first-order chi connectivity index (χ1) is 12.0. The van der Waals surface area contributed by atoms with Crippen molar-refractivity contribution in [1.82, 2.24) is 9.29 Å². The fourth-order valence-corrected chi connectivity index (χ4v) is 4.28. The van der Waals surface area contributed by atoms with E-state index in [0.717, 1.165) is 4.47 Å². The molecular weight excluding hydrogens is 412 g/mol. The van der Waals surface area contributed by atoms with E-state index in [9.17, 15) is 8.42 Å². The Morgan fingerprint density at radius 2 is 1.88 bits per heavy atom. The van der Waals surface area contributed by atoms with Gasteiger partial charge in [-0.05, 0) is 40.2 Å². The summed E-state index contributed by atoms with van der Waals surface area (Å²) in [6.45, 7) is 0.527. The molecule has 25 heavy (non-hydrogen) atoms. The molecule has 9 heteroatoms. The van der Waals surface area contributed by atoms with E-state index < -0.39 is 10.0 Å². The van der Waals surface area contributed by atoms with Crippen molar-refractivity contribution in [3.05, 3.63) is 41.0 Å². The number of nitrogens with zero attached hydrogens (tertiary/aromatic N) is 2. The summed E-state index contributed by atoms with van der Waals surface area (Å²) in [4.78, 5) is 4.27. The molecule has 0 saturated carbocycles. The normalized spacial score (nSPS) is 15.5. The Kier molecular flexibility index (Phi) is 5.16. The van der Waals surface area contributed by atoms with Crippen LogP contribution in [-0.2, 0) is 10.0 Å². The van der Waals surface area contributed by atoms with Gasteiger partial charge >= 0.3 is 0 Å². The van der Waals surface area contributed by atoms with Gasteiger partial charge in [-0.3, -0.25) is 0 Å². The molecule has 2 aromatic rings. The van der Waals surface area contributed by atoms with Crippen LogP contribution in [0.1, 0.15) is 0 Å². The van der Waals surface area contributed by atoms with Gasteiger partial charge in [0.25, 0.3) is 0 Å². The van der Waals surface area contributed by atoms with E-state index in [1.807, 2.05) is 6.07 Å². The Labute approximate surface area is 154 Å². The van der Waals surface area contributed by atoms with Crippen LogP contribution in [0.15, 0.2) is 45.9 Å². The first-order valence-corrected chi connectivity index (χ1v) is 9.68. The molecule has 0 N–H and O–H groups in total. The predicted octanol–water partition coefficient (Wildman–Crippen LogP) is 2.31. The molecule has 0 radical (unpaired) electrons. The second-order valence-corrected chi connectivity index (χ2v) is 8.16. The zero-order chi connectivity index (χ0) is 18.0. The molecule has 3 rings (SSSR count). The fourth-order valence-electron chi connectivity index (χ4n) is 2.41. The summed E-state index contributed by atoms with van der Waals surface area (Å²) in [5.74, 6) is 1.30. The van der Waals surface area contributed by atoms with Crippen LogP contribution in [0.3, 0.4) is 0 Å². The number of aromatic nitrogens is 1. The SMILES string of the molecule is COc1ccc(S(=O)(=O)N2CC(Oc3ncccc3Br)C2)cc1OC. The molecule has 0 amide bonds. The number of hydrogen-bond donors (Lipinski definition) is 0. The predicted molar refractivity (Wildman–Crippen MR) is 94.7 cm³/mol. The van der Waals surface area contributed by atoms with Crippen molar-refractivity contribution >= 4 is 26.0 Å². The minimum atomic E-state index is -3.61. The third-order valence-electron chi connectivity index (χ3n) is 3.81. The standard InChI is InChI=1S/C16H17BrN2O5S/c1-22-14-6-5-12(8-15(14)23-2)25(20,21)19-9-11(10-19)24-16-13(17)4-3-7-18-16/h3-8,11H,9-10H2,1-2H3. The zero-order valence-electron chi connectivity index (χ0n) is 13.7. The lowest BCUT2D eigenvalue weighted by atomic mass is 10.2. The molecule has 1 saturated heterocycles. The summed E-state index contributed by atoms with van der Waals surface area (Å²) in [5.41, 5.74) is 0. The zero-order valence-corrected chi connectivity index (χ0v) is 16.1. The van der Waals surface area contributed by atoms with Gasteiger partial charge in [-0.2, -0.15) is 4.31 Å². The Balaban J connectivity index is 1.70. The summed E-state index contributed by atoms with van der Waals surface area (Å²) >= 11 is 3.35. The first kappa shape index (κ1) is 18.0. The van der Waals surface area contributed by atoms with E-state index in [-0.39, 0.29) is 24.1 Å². The lowest BCUT2D eigenvalue weighted by Crippen LogP contribution is -2.56. The minimum absolute atomic E-state index is 0.155. The summed E-state index contributed by atoms with van der Waals surface area (Å²) in [5, 5.41) is 0. The lowest BCUT2D eigenvalue weighted by Gasteiger charge is -2.37. The second-order valence-electron chi connectivity index (χ2n) is 5.37. The van der Waals surface area contributed by atoms with Crippen LogP contribution in [-0.4, -0.2) is 51.1 Å². The quantitative estimate of drug-likeness (QED) is 0.702. The maximum absolute atomic E-state index is 12.7. The maximum atomic E-state index is 12.7. The third-order valence-corrected chi connectivity index (χ3v) is 6.24. The summed E-state index contributed by atoms with van der Waals surface area (Å²) in [6, 6.07) is 8.13. The molecule has 7 nitrogen and oxygen atoms in total.